The lowest BCUT2D eigenvalue weighted by Gasteiger charge is -2.36. The summed E-state index contributed by atoms with van der Waals surface area (Å²) in [5.74, 6) is 0.704. The van der Waals surface area contributed by atoms with Gasteiger partial charge in [-0.05, 0) is 54.2 Å². The quantitative estimate of drug-likeness (QED) is 0.805. The third-order valence-corrected chi connectivity index (χ3v) is 4.71. The van der Waals surface area contributed by atoms with Crippen LogP contribution < -0.4 is 5.32 Å². The van der Waals surface area contributed by atoms with Crippen molar-refractivity contribution < 1.29 is 0 Å². The molecule has 0 saturated heterocycles. The van der Waals surface area contributed by atoms with E-state index >= 15 is 0 Å². The molecular weight excluding hydrogens is 334 g/mol. The van der Waals surface area contributed by atoms with Crippen LogP contribution in [0.3, 0.4) is 0 Å². The van der Waals surface area contributed by atoms with E-state index in [0.29, 0.717) is 12.0 Å². The molecule has 2 aromatic rings. The Hall–Kier alpha value is -0.830. The van der Waals surface area contributed by atoms with E-state index in [9.17, 15) is 0 Å². The fourth-order valence-corrected chi connectivity index (χ4v) is 3.22. The summed E-state index contributed by atoms with van der Waals surface area (Å²) in [4.78, 5) is 0. The zero-order chi connectivity index (χ0) is 13.9. The summed E-state index contributed by atoms with van der Waals surface area (Å²) < 4.78 is 1.17. The largest absolute Gasteiger partial charge is 0.310 e. The van der Waals surface area contributed by atoms with Gasteiger partial charge in [-0.15, -0.1) is 0 Å². The Morgan fingerprint density at radius 3 is 2.55 bits per heavy atom. The Morgan fingerprint density at radius 2 is 1.85 bits per heavy atom. The number of rotatable bonds is 4. The minimum absolute atomic E-state index is 0.634. The zero-order valence-electron chi connectivity index (χ0n) is 11.2. The fourth-order valence-electron chi connectivity index (χ4n) is 2.68. The van der Waals surface area contributed by atoms with Crippen molar-refractivity contribution in [1.82, 2.24) is 5.32 Å². The molecule has 1 fully saturated rings. The van der Waals surface area contributed by atoms with E-state index in [-0.39, 0.29) is 0 Å². The average Bonchev–Trinajstić information content (AvgIpc) is 2.39. The van der Waals surface area contributed by atoms with E-state index in [1.54, 1.807) is 0 Å². The Kier molecular flexibility index (Phi) is 4.45. The molecule has 0 heterocycles. The van der Waals surface area contributed by atoms with Gasteiger partial charge < -0.3 is 5.32 Å². The molecule has 0 unspecified atom stereocenters. The van der Waals surface area contributed by atoms with E-state index in [1.807, 2.05) is 12.1 Å². The number of halogens is 2. The minimum atomic E-state index is 0.634. The number of hydrogen-bond acceptors (Lipinski definition) is 1. The number of benzene rings is 2. The smallest absolute Gasteiger partial charge is 0.0406 e. The molecule has 1 nitrogen and oxygen atoms in total. The van der Waals surface area contributed by atoms with Crippen LogP contribution >= 0.6 is 27.5 Å². The maximum atomic E-state index is 5.89. The van der Waals surface area contributed by atoms with Crippen LogP contribution in [0.5, 0.6) is 0 Å². The molecule has 0 aromatic heterocycles. The molecule has 20 heavy (non-hydrogen) atoms. The average molecular weight is 351 g/mol. The first-order chi connectivity index (χ1) is 9.70. The van der Waals surface area contributed by atoms with E-state index < -0.39 is 0 Å². The molecular formula is C17H17BrClN. The second-order valence-electron chi connectivity index (χ2n) is 5.43. The van der Waals surface area contributed by atoms with Crippen molar-refractivity contribution in [2.75, 3.05) is 0 Å². The van der Waals surface area contributed by atoms with E-state index in [1.165, 1.54) is 28.4 Å². The maximum Gasteiger partial charge on any atom is 0.0406 e. The summed E-state index contributed by atoms with van der Waals surface area (Å²) in [7, 11) is 0. The van der Waals surface area contributed by atoms with E-state index in [0.717, 1.165) is 11.6 Å². The van der Waals surface area contributed by atoms with Crippen LogP contribution in [0.1, 0.15) is 29.9 Å². The molecule has 0 amide bonds. The molecule has 2 aromatic carbocycles. The summed E-state index contributed by atoms with van der Waals surface area (Å²) in [5.41, 5.74) is 2.74. The van der Waals surface area contributed by atoms with Crippen molar-refractivity contribution in [2.24, 2.45) is 0 Å². The van der Waals surface area contributed by atoms with Gasteiger partial charge >= 0.3 is 0 Å². The van der Waals surface area contributed by atoms with Crippen LogP contribution in [-0.4, -0.2) is 6.04 Å². The van der Waals surface area contributed by atoms with Crippen molar-refractivity contribution in [3.8, 4) is 0 Å². The van der Waals surface area contributed by atoms with Gasteiger partial charge in [-0.25, -0.2) is 0 Å². The van der Waals surface area contributed by atoms with Gasteiger partial charge in [0.15, 0.2) is 0 Å². The Bertz CT molecular complexity index is 576. The first-order valence-electron chi connectivity index (χ1n) is 6.94. The van der Waals surface area contributed by atoms with Gasteiger partial charge in [-0.3, -0.25) is 0 Å². The highest BCUT2D eigenvalue weighted by Gasteiger charge is 2.29. The van der Waals surface area contributed by atoms with Crippen LogP contribution in [0, 0.1) is 0 Å². The lowest BCUT2D eigenvalue weighted by atomic mass is 9.76. The summed E-state index contributed by atoms with van der Waals surface area (Å²) in [6, 6.07) is 17.4. The Morgan fingerprint density at radius 1 is 1.10 bits per heavy atom. The summed E-state index contributed by atoms with van der Waals surface area (Å²) >= 11 is 9.43. The molecule has 1 saturated carbocycles. The fraction of sp³-hybridized carbons (Fsp3) is 0.294. The lowest BCUT2D eigenvalue weighted by Crippen LogP contribution is -2.39. The van der Waals surface area contributed by atoms with Crippen molar-refractivity contribution in [3.05, 3.63) is 69.2 Å². The van der Waals surface area contributed by atoms with Crippen molar-refractivity contribution in [1.29, 1.82) is 0 Å². The van der Waals surface area contributed by atoms with Gasteiger partial charge in [0.2, 0.25) is 0 Å². The van der Waals surface area contributed by atoms with Gasteiger partial charge in [0, 0.05) is 22.1 Å². The molecule has 3 rings (SSSR count). The topological polar surface area (TPSA) is 12.0 Å². The van der Waals surface area contributed by atoms with Gasteiger partial charge in [-0.2, -0.15) is 0 Å². The van der Waals surface area contributed by atoms with Crippen LogP contribution in [-0.2, 0) is 6.54 Å². The minimum Gasteiger partial charge on any atom is -0.310 e. The molecule has 0 atom stereocenters. The second kappa shape index (κ2) is 6.30. The van der Waals surface area contributed by atoms with Gasteiger partial charge in [0.25, 0.3) is 0 Å². The summed E-state index contributed by atoms with van der Waals surface area (Å²) in [5, 5.41) is 4.41. The van der Waals surface area contributed by atoms with Crippen molar-refractivity contribution >= 4 is 27.5 Å². The third-order valence-electron chi connectivity index (χ3n) is 3.97. The van der Waals surface area contributed by atoms with E-state index in [4.69, 9.17) is 11.6 Å². The summed E-state index contributed by atoms with van der Waals surface area (Å²) in [6.07, 6.45) is 2.45. The Balaban J connectivity index is 1.48. The second-order valence-corrected chi connectivity index (χ2v) is 6.78. The van der Waals surface area contributed by atoms with Crippen LogP contribution in [0.15, 0.2) is 53.0 Å². The van der Waals surface area contributed by atoms with Gasteiger partial charge in [0.1, 0.15) is 0 Å². The Labute approximate surface area is 133 Å². The molecule has 1 aliphatic carbocycles. The SMILES string of the molecule is Clc1ccc(CNC2CC(c3cccc(Br)c3)C2)cc1. The molecule has 0 aliphatic heterocycles. The van der Waals surface area contributed by atoms with Crippen molar-refractivity contribution in [3.63, 3.8) is 0 Å². The van der Waals surface area contributed by atoms with Gasteiger partial charge in [0.05, 0.1) is 0 Å². The molecule has 1 N–H and O–H groups in total. The van der Waals surface area contributed by atoms with Crippen molar-refractivity contribution in [2.45, 2.75) is 31.3 Å². The van der Waals surface area contributed by atoms with Crippen LogP contribution in [0.2, 0.25) is 5.02 Å². The zero-order valence-corrected chi connectivity index (χ0v) is 13.5. The normalized spacial score (nSPS) is 21.5. The number of hydrogen-bond donors (Lipinski definition) is 1. The first-order valence-corrected chi connectivity index (χ1v) is 8.11. The van der Waals surface area contributed by atoms with Crippen LogP contribution in [0.25, 0.3) is 0 Å². The highest BCUT2D eigenvalue weighted by molar-refractivity contribution is 9.10. The molecule has 1 aliphatic rings. The highest BCUT2D eigenvalue weighted by Crippen LogP contribution is 2.37. The number of nitrogens with one attached hydrogen (secondary N) is 1. The molecule has 3 heteroatoms. The predicted octanol–water partition coefficient (Wildman–Crippen LogP) is 5.14. The van der Waals surface area contributed by atoms with Crippen LogP contribution in [0.4, 0.5) is 0 Å². The maximum absolute atomic E-state index is 5.89. The summed E-state index contributed by atoms with van der Waals surface area (Å²) in [6.45, 7) is 0.924. The first kappa shape index (κ1) is 14.1. The molecule has 104 valence electrons. The van der Waals surface area contributed by atoms with Gasteiger partial charge in [-0.1, -0.05) is 51.8 Å². The molecule has 0 bridgehead atoms. The van der Waals surface area contributed by atoms with E-state index in [2.05, 4.69) is 57.6 Å². The third kappa shape index (κ3) is 3.43. The standard InChI is InChI=1S/C17H17BrClN/c18-15-3-1-2-13(8-15)14-9-17(10-14)20-11-12-4-6-16(19)7-5-12/h1-8,14,17,20H,9-11H2. The molecule has 0 radical (unpaired) electrons. The lowest BCUT2D eigenvalue weighted by molar-refractivity contribution is 0.289. The monoisotopic (exact) mass is 349 g/mol. The molecule has 0 spiro atoms. The predicted molar refractivity (Wildman–Crippen MR) is 88.2 cm³/mol. The highest BCUT2D eigenvalue weighted by atomic mass is 79.9.